The van der Waals surface area contributed by atoms with Crippen LogP contribution in [0.2, 0.25) is 0 Å². The zero-order chi connectivity index (χ0) is 14.6. The maximum Gasteiger partial charge on any atom is 0.235 e. The number of thiocarbonyl (C=S) groups is 1. The number of piperidine rings is 1. The Labute approximate surface area is 128 Å². The highest BCUT2D eigenvalue weighted by molar-refractivity contribution is 7.80. The van der Waals surface area contributed by atoms with Gasteiger partial charge in [0.05, 0.1) is 10.4 Å². The molecule has 1 saturated heterocycles. The minimum absolute atomic E-state index is 0.224. The van der Waals surface area contributed by atoms with Gasteiger partial charge in [-0.2, -0.15) is 0 Å². The number of amides is 1. The third-order valence-electron chi connectivity index (χ3n) is 5.32. The van der Waals surface area contributed by atoms with Gasteiger partial charge in [-0.1, -0.05) is 51.2 Å². The summed E-state index contributed by atoms with van der Waals surface area (Å²) in [6.45, 7) is 4.02. The van der Waals surface area contributed by atoms with E-state index in [9.17, 15) is 4.79 Å². The average molecular weight is 296 g/mol. The van der Waals surface area contributed by atoms with Crippen molar-refractivity contribution >= 4 is 23.1 Å². The van der Waals surface area contributed by atoms with E-state index in [4.69, 9.17) is 18.0 Å². The zero-order valence-electron chi connectivity index (χ0n) is 12.7. The van der Waals surface area contributed by atoms with Gasteiger partial charge in [-0.25, -0.2) is 0 Å². The van der Waals surface area contributed by atoms with Gasteiger partial charge in [0, 0.05) is 13.1 Å². The van der Waals surface area contributed by atoms with E-state index in [1.54, 1.807) is 0 Å². The van der Waals surface area contributed by atoms with Crippen molar-refractivity contribution in [2.24, 2.45) is 17.1 Å². The highest BCUT2D eigenvalue weighted by Crippen LogP contribution is 2.38. The maximum absolute atomic E-state index is 13.0. The third kappa shape index (κ3) is 3.16. The molecule has 2 fully saturated rings. The minimum atomic E-state index is -0.537. The second-order valence-electron chi connectivity index (χ2n) is 6.50. The number of carbonyl (C=O) groups is 1. The van der Waals surface area contributed by atoms with E-state index < -0.39 is 5.41 Å². The fraction of sp³-hybridized carbons (Fsp3) is 0.875. The standard InChI is InChI=1S/C16H28N2OS/c1-2-13-7-11-18(12-8-13)15(19)16(14(17)20)9-5-3-4-6-10-16/h13H,2-12H2,1H3,(H2,17,20). The first-order valence-corrected chi connectivity index (χ1v) is 8.60. The molecule has 2 rings (SSSR count). The number of carbonyl (C=O) groups excluding carboxylic acids is 1. The van der Waals surface area contributed by atoms with Crippen molar-refractivity contribution in [2.75, 3.05) is 13.1 Å². The molecule has 1 aliphatic heterocycles. The van der Waals surface area contributed by atoms with Crippen LogP contribution in [0.15, 0.2) is 0 Å². The number of rotatable bonds is 3. The van der Waals surface area contributed by atoms with Crippen molar-refractivity contribution in [3.05, 3.63) is 0 Å². The van der Waals surface area contributed by atoms with Crippen molar-refractivity contribution in [1.29, 1.82) is 0 Å². The fourth-order valence-corrected chi connectivity index (χ4v) is 4.04. The van der Waals surface area contributed by atoms with Gasteiger partial charge in [0.2, 0.25) is 5.91 Å². The Morgan fingerprint density at radius 2 is 1.75 bits per heavy atom. The summed E-state index contributed by atoms with van der Waals surface area (Å²) < 4.78 is 0. The van der Waals surface area contributed by atoms with Crippen LogP contribution in [0.25, 0.3) is 0 Å². The van der Waals surface area contributed by atoms with E-state index in [1.807, 2.05) is 4.90 Å². The summed E-state index contributed by atoms with van der Waals surface area (Å²) in [7, 11) is 0. The summed E-state index contributed by atoms with van der Waals surface area (Å²) in [4.78, 5) is 15.5. The molecular weight excluding hydrogens is 268 g/mol. The van der Waals surface area contributed by atoms with Gasteiger partial charge in [0.1, 0.15) is 0 Å². The molecule has 114 valence electrons. The third-order valence-corrected chi connectivity index (χ3v) is 5.71. The molecule has 1 heterocycles. The first-order valence-electron chi connectivity index (χ1n) is 8.19. The van der Waals surface area contributed by atoms with Gasteiger partial charge < -0.3 is 10.6 Å². The molecule has 0 bridgehead atoms. The maximum atomic E-state index is 13.0. The van der Waals surface area contributed by atoms with E-state index in [-0.39, 0.29) is 5.91 Å². The molecular formula is C16H28N2OS. The lowest BCUT2D eigenvalue weighted by Gasteiger charge is -2.39. The summed E-state index contributed by atoms with van der Waals surface area (Å²) in [6, 6.07) is 0. The number of hydrogen-bond acceptors (Lipinski definition) is 2. The Morgan fingerprint density at radius 1 is 1.20 bits per heavy atom. The normalized spacial score (nSPS) is 24.1. The van der Waals surface area contributed by atoms with E-state index in [2.05, 4.69) is 6.92 Å². The number of likely N-dealkylation sites (tertiary alicyclic amines) is 1. The summed E-state index contributed by atoms with van der Waals surface area (Å²) in [5.74, 6) is 1.01. The van der Waals surface area contributed by atoms with Gasteiger partial charge in [0.15, 0.2) is 0 Å². The van der Waals surface area contributed by atoms with Crippen molar-refractivity contribution in [3.8, 4) is 0 Å². The topological polar surface area (TPSA) is 46.3 Å². The minimum Gasteiger partial charge on any atom is -0.392 e. The van der Waals surface area contributed by atoms with Crippen LogP contribution in [0, 0.1) is 11.3 Å². The van der Waals surface area contributed by atoms with E-state index in [0.29, 0.717) is 4.99 Å². The first kappa shape index (κ1) is 15.7. The molecule has 0 spiro atoms. The van der Waals surface area contributed by atoms with E-state index >= 15 is 0 Å². The molecule has 0 aromatic heterocycles. The number of hydrogen-bond donors (Lipinski definition) is 1. The Bertz CT molecular complexity index is 353. The summed E-state index contributed by atoms with van der Waals surface area (Å²) >= 11 is 5.31. The van der Waals surface area contributed by atoms with Crippen LogP contribution in [0.3, 0.4) is 0 Å². The molecule has 0 unspecified atom stereocenters. The molecule has 2 N–H and O–H groups in total. The van der Waals surface area contributed by atoms with Gasteiger partial charge in [-0.15, -0.1) is 0 Å². The molecule has 1 amide bonds. The molecule has 2 aliphatic rings. The van der Waals surface area contributed by atoms with Crippen LogP contribution in [-0.2, 0) is 4.79 Å². The first-order chi connectivity index (χ1) is 9.60. The van der Waals surface area contributed by atoms with Crippen molar-refractivity contribution in [1.82, 2.24) is 4.90 Å². The van der Waals surface area contributed by atoms with Crippen molar-refractivity contribution in [2.45, 2.75) is 64.7 Å². The molecule has 0 aromatic carbocycles. The monoisotopic (exact) mass is 296 g/mol. The highest BCUT2D eigenvalue weighted by atomic mass is 32.1. The molecule has 3 nitrogen and oxygen atoms in total. The Morgan fingerprint density at radius 3 is 2.20 bits per heavy atom. The van der Waals surface area contributed by atoms with Crippen LogP contribution in [0.4, 0.5) is 0 Å². The Hall–Kier alpha value is -0.640. The summed E-state index contributed by atoms with van der Waals surface area (Å²) in [6.07, 6.45) is 9.77. The van der Waals surface area contributed by atoms with Crippen LogP contribution < -0.4 is 5.73 Å². The highest BCUT2D eigenvalue weighted by Gasteiger charge is 2.44. The van der Waals surface area contributed by atoms with Gasteiger partial charge >= 0.3 is 0 Å². The quantitative estimate of drug-likeness (QED) is 0.642. The molecule has 0 radical (unpaired) electrons. The van der Waals surface area contributed by atoms with Gasteiger partial charge in [-0.05, 0) is 31.6 Å². The zero-order valence-corrected chi connectivity index (χ0v) is 13.5. The lowest BCUT2D eigenvalue weighted by atomic mass is 9.78. The van der Waals surface area contributed by atoms with Crippen LogP contribution in [0.5, 0.6) is 0 Å². The molecule has 20 heavy (non-hydrogen) atoms. The largest absolute Gasteiger partial charge is 0.392 e. The van der Waals surface area contributed by atoms with E-state index in [0.717, 1.165) is 57.5 Å². The average Bonchev–Trinajstić information content (AvgIpc) is 2.73. The van der Waals surface area contributed by atoms with Crippen molar-refractivity contribution in [3.63, 3.8) is 0 Å². The summed E-state index contributed by atoms with van der Waals surface area (Å²) in [5.41, 5.74) is 5.48. The van der Waals surface area contributed by atoms with Crippen LogP contribution in [-0.4, -0.2) is 28.9 Å². The fourth-order valence-electron chi connectivity index (χ4n) is 3.74. The molecule has 1 aliphatic carbocycles. The molecule has 1 saturated carbocycles. The van der Waals surface area contributed by atoms with Gasteiger partial charge in [0.25, 0.3) is 0 Å². The Balaban J connectivity index is 2.09. The molecule has 4 heteroatoms. The van der Waals surface area contributed by atoms with Crippen molar-refractivity contribution < 1.29 is 4.79 Å². The Kier molecular flexibility index (Phi) is 5.42. The molecule has 0 atom stereocenters. The molecule has 0 aromatic rings. The summed E-state index contributed by atoms with van der Waals surface area (Å²) in [5, 5.41) is 0. The lowest BCUT2D eigenvalue weighted by molar-refractivity contribution is -0.140. The second kappa shape index (κ2) is 6.88. The predicted octanol–water partition coefficient (Wildman–Crippen LogP) is 3.26. The van der Waals surface area contributed by atoms with E-state index in [1.165, 1.54) is 19.3 Å². The smallest absolute Gasteiger partial charge is 0.235 e. The van der Waals surface area contributed by atoms with Crippen LogP contribution >= 0.6 is 12.2 Å². The van der Waals surface area contributed by atoms with Crippen LogP contribution in [0.1, 0.15) is 64.7 Å². The lowest BCUT2D eigenvalue weighted by Crippen LogP contribution is -2.52. The predicted molar refractivity (Wildman–Crippen MR) is 86.5 cm³/mol. The SMILES string of the molecule is CCC1CCN(C(=O)C2(C(N)=S)CCCCCC2)CC1. The number of nitrogens with zero attached hydrogens (tertiary/aromatic N) is 1. The van der Waals surface area contributed by atoms with Gasteiger partial charge in [-0.3, -0.25) is 4.79 Å². The number of nitrogens with two attached hydrogens (primary N) is 1. The second-order valence-corrected chi connectivity index (χ2v) is 6.94.